The van der Waals surface area contributed by atoms with Crippen molar-refractivity contribution in [3.63, 3.8) is 0 Å². The zero-order valence-corrected chi connectivity index (χ0v) is 30.0. The molecule has 1 aromatic heterocycles. The predicted molar refractivity (Wildman–Crippen MR) is 183 cm³/mol. The van der Waals surface area contributed by atoms with Crippen LogP contribution >= 0.6 is 0 Å². The van der Waals surface area contributed by atoms with E-state index in [0.717, 1.165) is 22.1 Å². The molecular weight excluding hydrogens is 705 g/mol. The maximum atomic E-state index is 15.4. The van der Waals surface area contributed by atoms with Crippen LogP contribution in [0.3, 0.4) is 0 Å². The standard InChI is InChI=1S/C39H42FN3O11/c1-3-38(49)24-11-29-32-22(15-43(29)33(44)23(24)16-50-35(38)47)31-27(7-6-20-17(2)26(40)12-28(41-32)30(20)31)42-36(48)51-19-5-4-8-37(14-19)52-39(54-53-37)13-18-9-21(34(45)46)25(39)10-18/h11-12,18-19,21,25,27,33,44,49H,3-10,13-16H2,1-2H3,(H,42,48)(H,45,46). The molecular formula is C39H42FN3O11. The lowest BCUT2D eigenvalue weighted by atomic mass is 9.81. The highest BCUT2D eigenvalue weighted by molar-refractivity contribution is 5.94. The summed E-state index contributed by atoms with van der Waals surface area (Å²) >= 11 is 0. The number of ether oxygens (including phenoxy) is 3. The number of halogens is 1. The van der Waals surface area contributed by atoms with Gasteiger partial charge >= 0.3 is 18.0 Å². The van der Waals surface area contributed by atoms with E-state index in [1.807, 2.05) is 0 Å². The zero-order chi connectivity index (χ0) is 37.5. The van der Waals surface area contributed by atoms with Gasteiger partial charge in [0.1, 0.15) is 18.5 Å². The molecule has 54 heavy (non-hydrogen) atoms. The zero-order valence-electron chi connectivity index (χ0n) is 30.0. The smallest absolute Gasteiger partial charge is 0.407 e. The molecule has 4 N–H and O–H groups in total. The van der Waals surface area contributed by atoms with Gasteiger partial charge in [0.2, 0.25) is 11.6 Å². The van der Waals surface area contributed by atoms with E-state index in [-0.39, 0.29) is 43.4 Å². The molecule has 8 aliphatic rings. The van der Waals surface area contributed by atoms with Crippen LogP contribution in [0.5, 0.6) is 0 Å². The fraction of sp³-hybridized carbons (Fsp3) is 0.590. The van der Waals surface area contributed by atoms with Crippen LogP contribution in [0, 0.1) is 30.5 Å². The lowest BCUT2D eigenvalue weighted by Crippen LogP contribution is -2.50. The third kappa shape index (κ3) is 4.74. The van der Waals surface area contributed by atoms with Crippen molar-refractivity contribution in [3.05, 3.63) is 57.1 Å². The first kappa shape index (κ1) is 34.3. The summed E-state index contributed by atoms with van der Waals surface area (Å²) in [5.74, 6) is -4.96. The van der Waals surface area contributed by atoms with Crippen LogP contribution in [0.2, 0.25) is 0 Å². The van der Waals surface area contributed by atoms with Gasteiger partial charge in [-0.2, -0.15) is 9.78 Å². The first-order valence-electron chi connectivity index (χ1n) is 19.0. The molecule has 4 aliphatic carbocycles. The maximum absolute atomic E-state index is 15.4. The van der Waals surface area contributed by atoms with Gasteiger partial charge in [0.25, 0.3) is 0 Å². The number of rotatable bonds is 4. The number of carboxylic acid groups (broad SMARTS) is 1. The molecule has 4 aliphatic heterocycles. The topological polar surface area (TPSA) is 186 Å². The van der Waals surface area contributed by atoms with Crippen LogP contribution in [0.1, 0.15) is 98.7 Å². The van der Waals surface area contributed by atoms with E-state index in [1.165, 1.54) is 6.07 Å². The van der Waals surface area contributed by atoms with Crippen molar-refractivity contribution >= 4 is 34.6 Å². The summed E-state index contributed by atoms with van der Waals surface area (Å²) in [5, 5.41) is 36.7. The van der Waals surface area contributed by atoms with Gasteiger partial charge in [0.15, 0.2) is 11.8 Å². The molecule has 1 saturated heterocycles. The largest absolute Gasteiger partial charge is 0.481 e. The number of amides is 1. The third-order valence-electron chi connectivity index (χ3n) is 13.5. The summed E-state index contributed by atoms with van der Waals surface area (Å²) in [5.41, 5.74) is 2.90. The third-order valence-corrected chi connectivity index (χ3v) is 13.5. The first-order chi connectivity index (χ1) is 25.8. The van der Waals surface area contributed by atoms with Crippen molar-refractivity contribution in [2.75, 3.05) is 6.61 Å². The van der Waals surface area contributed by atoms with Gasteiger partial charge in [-0.25, -0.2) is 19.0 Å². The predicted octanol–water partition coefficient (Wildman–Crippen LogP) is 4.32. The van der Waals surface area contributed by atoms with Gasteiger partial charge in [-0.3, -0.25) is 4.79 Å². The fourth-order valence-electron chi connectivity index (χ4n) is 10.9. The number of cyclic esters (lactones) is 1. The summed E-state index contributed by atoms with van der Waals surface area (Å²) < 4.78 is 33.2. The number of nitrogens with one attached hydrogen (secondary N) is 1. The SMILES string of the molecule is CCC1(O)C(=O)OCC2=C1C=C1c3nc4cc(F)c(C)c5c4c(c3CN1C2O)C(NC(=O)OC1CCCC2(C1)OOC1(CC3CC(C(=O)O)C1C3)O2)CC5. The van der Waals surface area contributed by atoms with Gasteiger partial charge in [0.05, 0.1) is 28.9 Å². The summed E-state index contributed by atoms with van der Waals surface area (Å²) in [7, 11) is 0. The number of hydrogen-bond acceptors (Lipinski definition) is 12. The molecule has 10 rings (SSSR count). The maximum Gasteiger partial charge on any atom is 0.407 e. The average molecular weight is 748 g/mol. The van der Waals surface area contributed by atoms with Crippen LogP contribution in [0.25, 0.3) is 16.6 Å². The van der Waals surface area contributed by atoms with E-state index in [2.05, 4.69) is 5.32 Å². The number of carbonyl (C=O) groups excluding carboxylic acids is 2. The molecule has 286 valence electrons. The molecule has 2 aromatic rings. The van der Waals surface area contributed by atoms with Gasteiger partial charge in [-0.05, 0) is 80.6 Å². The van der Waals surface area contributed by atoms with E-state index in [4.69, 9.17) is 29.0 Å². The Labute approximate surface area is 309 Å². The van der Waals surface area contributed by atoms with Gasteiger partial charge in [0, 0.05) is 59.9 Å². The molecule has 1 amide bonds. The number of benzene rings is 1. The van der Waals surface area contributed by atoms with Gasteiger partial charge in [-0.15, -0.1) is 0 Å². The Kier molecular flexibility index (Phi) is 7.43. The number of carboxylic acids is 1. The molecule has 2 bridgehead atoms. The quantitative estimate of drug-likeness (QED) is 0.256. The first-order valence-corrected chi connectivity index (χ1v) is 19.0. The Hall–Kier alpha value is -4.15. The normalized spacial score (nSPS) is 37.4. The highest BCUT2D eigenvalue weighted by Gasteiger charge is 2.67. The number of hydrogen-bond donors (Lipinski definition) is 4. The molecule has 2 spiro atoms. The van der Waals surface area contributed by atoms with E-state index in [1.54, 1.807) is 24.8 Å². The van der Waals surface area contributed by atoms with Crippen LogP contribution in [-0.2, 0) is 46.5 Å². The number of esters is 1. The molecule has 3 saturated carbocycles. The Morgan fingerprint density at radius 1 is 1.19 bits per heavy atom. The molecule has 4 fully saturated rings. The van der Waals surface area contributed by atoms with Crippen molar-refractivity contribution < 1.29 is 58.1 Å². The fourth-order valence-corrected chi connectivity index (χ4v) is 10.9. The van der Waals surface area contributed by atoms with E-state index in [0.29, 0.717) is 79.4 Å². The van der Waals surface area contributed by atoms with Crippen LogP contribution in [0.15, 0.2) is 23.3 Å². The number of alkyl carbamates (subject to hydrolysis) is 1. The Morgan fingerprint density at radius 3 is 2.80 bits per heavy atom. The minimum Gasteiger partial charge on any atom is -0.481 e. The van der Waals surface area contributed by atoms with E-state index >= 15 is 4.39 Å². The molecule has 9 unspecified atom stereocenters. The number of aryl methyl sites for hydroxylation is 1. The van der Waals surface area contributed by atoms with Crippen molar-refractivity contribution in [2.24, 2.45) is 17.8 Å². The highest BCUT2D eigenvalue weighted by Crippen LogP contribution is 2.61. The lowest BCUT2D eigenvalue weighted by Gasteiger charge is -2.40. The molecule has 15 heteroatoms. The lowest BCUT2D eigenvalue weighted by molar-refractivity contribution is -0.365. The number of aliphatic carboxylic acids is 1. The Morgan fingerprint density at radius 2 is 2.02 bits per heavy atom. The number of fused-ring (bicyclic) bond motifs is 7. The summed E-state index contributed by atoms with van der Waals surface area (Å²) in [6.07, 6.45) is 4.09. The number of aromatic nitrogens is 1. The Bertz CT molecular complexity index is 2120. The molecule has 14 nitrogen and oxygen atoms in total. The summed E-state index contributed by atoms with van der Waals surface area (Å²) in [6, 6.07) is 0.845. The highest BCUT2D eigenvalue weighted by atomic mass is 19.1. The monoisotopic (exact) mass is 747 g/mol. The Balaban J connectivity index is 0.940. The van der Waals surface area contributed by atoms with Crippen LogP contribution in [-0.4, -0.2) is 79.3 Å². The number of aliphatic hydroxyl groups excluding tert-OH is 1. The average Bonchev–Trinajstić information content (AvgIpc) is 3.91. The van der Waals surface area contributed by atoms with Crippen LogP contribution in [0.4, 0.5) is 9.18 Å². The summed E-state index contributed by atoms with van der Waals surface area (Å²) in [6.45, 7) is 3.44. The minimum atomic E-state index is -1.94. The van der Waals surface area contributed by atoms with Crippen molar-refractivity contribution in [3.8, 4) is 0 Å². The number of pyridine rings is 1. The van der Waals surface area contributed by atoms with Crippen LogP contribution < -0.4 is 5.32 Å². The number of carbonyl (C=O) groups is 3. The minimum absolute atomic E-state index is 0.0345. The molecule has 9 atom stereocenters. The molecule has 5 heterocycles. The second kappa shape index (κ2) is 11.7. The second-order valence-electron chi connectivity index (χ2n) is 16.4. The number of nitrogens with zero attached hydrogens (tertiary/aromatic N) is 2. The van der Waals surface area contributed by atoms with E-state index < -0.39 is 65.3 Å². The van der Waals surface area contributed by atoms with E-state index in [9.17, 15) is 29.7 Å². The van der Waals surface area contributed by atoms with Crippen molar-refractivity contribution in [1.82, 2.24) is 15.2 Å². The van der Waals surface area contributed by atoms with Crippen molar-refractivity contribution in [2.45, 2.75) is 120 Å². The second-order valence-corrected chi connectivity index (χ2v) is 16.4. The van der Waals surface area contributed by atoms with Gasteiger partial charge < -0.3 is 39.7 Å². The number of aliphatic hydroxyl groups is 2. The van der Waals surface area contributed by atoms with Gasteiger partial charge in [-0.1, -0.05) is 6.92 Å². The summed E-state index contributed by atoms with van der Waals surface area (Å²) in [4.78, 5) is 56.9. The van der Waals surface area contributed by atoms with Crippen molar-refractivity contribution in [1.29, 1.82) is 0 Å². The molecule has 1 aromatic carbocycles. The molecule has 0 radical (unpaired) electrons.